The summed E-state index contributed by atoms with van der Waals surface area (Å²) >= 11 is 0. The topological polar surface area (TPSA) is 51.9 Å². The summed E-state index contributed by atoms with van der Waals surface area (Å²) in [6.45, 7) is 11.0. The summed E-state index contributed by atoms with van der Waals surface area (Å²) in [5, 5.41) is 0. The molecule has 0 aliphatic heterocycles. The predicted molar refractivity (Wildman–Crippen MR) is 130 cm³/mol. The number of hydrogen-bond donors (Lipinski definition) is 0. The third-order valence-corrected chi connectivity index (χ3v) is 6.51. The van der Waals surface area contributed by atoms with Crippen molar-refractivity contribution in [3.63, 3.8) is 0 Å². The Morgan fingerprint density at radius 2 is 1.84 bits per heavy atom. The van der Waals surface area contributed by atoms with Crippen LogP contribution in [0.5, 0.6) is 11.5 Å². The Morgan fingerprint density at radius 3 is 2.41 bits per heavy atom. The summed E-state index contributed by atoms with van der Waals surface area (Å²) in [6, 6.07) is 4.05. The van der Waals surface area contributed by atoms with Gasteiger partial charge in [-0.1, -0.05) is 27.2 Å². The number of fused-ring (bicyclic) bond motifs is 1. The zero-order chi connectivity index (χ0) is 22.8. The van der Waals surface area contributed by atoms with E-state index in [9.17, 15) is 0 Å². The lowest BCUT2D eigenvalue weighted by Gasteiger charge is -2.28. The molecule has 3 aromatic rings. The van der Waals surface area contributed by atoms with Gasteiger partial charge < -0.3 is 14.4 Å². The molecule has 32 heavy (non-hydrogen) atoms. The molecule has 1 aliphatic rings. The van der Waals surface area contributed by atoms with E-state index in [-0.39, 0.29) is 0 Å². The fraction of sp³-hybridized carbons (Fsp3) is 0.538. The van der Waals surface area contributed by atoms with Gasteiger partial charge in [0.15, 0.2) is 5.65 Å². The van der Waals surface area contributed by atoms with E-state index in [0.717, 1.165) is 65.1 Å². The molecular weight excluding hydrogens is 400 g/mol. The van der Waals surface area contributed by atoms with Crippen LogP contribution in [0.25, 0.3) is 16.9 Å². The number of aromatic nitrogens is 3. The Kier molecular flexibility index (Phi) is 6.58. The third-order valence-electron chi connectivity index (χ3n) is 6.51. The van der Waals surface area contributed by atoms with E-state index in [0.29, 0.717) is 5.92 Å². The van der Waals surface area contributed by atoms with Crippen LogP contribution in [0.4, 0.5) is 5.82 Å². The Labute approximate surface area is 191 Å². The number of nitrogens with zero attached hydrogens (tertiary/aromatic N) is 4. The van der Waals surface area contributed by atoms with Gasteiger partial charge in [-0.25, -0.2) is 4.98 Å². The summed E-state index contributed by atoms with van der Waals surface area (Å²) in [5.41, 5.74) is 4.69. The second-order valence-electron chi connectivity index (χ2n) is 9.11. The number of imidazole rings is 1. The van der Waals surface area contributed by atoms with Gasteiger partial charge in [-0.3, -0.25) is 9.38 Å². The molecule has 0 spiro atoms. The van der Waals surface area contributed by atoms with Crippen molar-refractivity contribution in [1.82, 2.24) is 14.4 Å². The van der Waals surface area contributed by atoms with Crippen molar-refractivity contribution in [2.24, 2.45) is 11.8 Å². The van der Waals surface area contributed by atoms with Gasteiger partial charge in [0.25, 0.3) is 0 Å². The molecule has 0 bridgehead atoms. The molecule has 1 unspecified atom stereocenters. The molecule has 2 aromatic heterocycles. The van der Waals surface area contributed by atoms with Crippen molar-refractivity contribution < 1.29 is 9.47 Å². The Morgan fingerprint density at radius 1 is 1.16 bits per heavy atom. The SMILES string of the molecule is CCc1nc2c(-c3c(OC)cc(C)cc3OC)nccn2c1N(CC(C)CC)CC1CC1. The zero-order valence-electron chi connectivity index (χ0n) is 20.3. The molecule has 6 heteroatoms. The molecule has 1 fully saturated rings. The fourth-order valence-corrected chi connectivity index (χ4v) is 4.40. The maximum absolute atomic E-state index is 5.74. The highest BCUT2D eigenvalue weighted by atomic mass is 16.5. The van der Waals surface area contributed by atoms with Crippen LogP contribution in [0.1, 0.15) is 51.3 Å². The molecule has 172 valence electrons. The predicted octanol–water partition coefficient (Wildman–Crippen LogP) is 5.55. The monoisotopic (exact) mass is 436 g/mol. The normalized spacial score (nSPS) is 14.6. The van der Waals surface area contributed by atoms with Gasteiger partial charge in [-0.15, -0.1) is 0 Å². The van der Waals surface area contributed by atoms with E-state index in [1.54, 1.807) is 14.2 Å². The van der Waals surface area contributed by atoms with Gasteiger partial charge in [-0.2, -0.15) is 0 Å². The largest absolute Gasteiger partial charge is 0.496 e. The molecule has 6 nitrogen and oxygen atoms in total. The van der Waals surface area contributed by atoms with E-state index >= 15 is 0 Å². The van der Waals surface area contributed by atoms with Crippen LogP contribution in [0, 0.1) is 18.8 Å². The van der Waals surface area contributed by atoms with E-state index in [1.807, 2.05) is 31.5 Å². The fourth-order valence-electron chi connectivity index (χ4n) is 4.40. The number of hydrogen-bond acceptors (Lipinski definition) is 5. The molecule has 2 heterocycles. The highest BCUT2D eigenvalue weighted by Gasteiger charge is 2.29. The second-order valence-corrected chi connectivity index (χ2v) is 9.11. The summed E-state index contributed by atoms with van der Waals surface area (Å²) in [4.78, 5) is 12.4. The number of anilines is 1. The van der Waals surface area contributed by atoms with Crippen LogP contribution in [-0.4, -0.2) is 41.7 Å². The first kappa shape index (κ1) is 22.4. The van der Waals surface area contributed by atoms with Crippen molar-refractivity contribution >= 4 is 11.5 Å². The summed E-state index contributed by atoms with van der Waals surface area (Å²) in [7, 11) is 3.38. The van der Waals surface area contributed by atoms with Gasteiger partial charge >= 0.3 is 0 Å². The molecule has 1 aromatic carbocycles. The average molecular weight is 437 g/mol. The van der Waals surface area contributed by atoms with E-state index in [2.05, 4.69) is 30.1 Å². The molecule has 0 saturated heterocycles. The third kappa shape index (κ3) is 4.27. The standard InChI is InChI=1S/C26H36N4O2/c1-7-17(3)15-29(16-19-9-10-19)26-20(8-2)28-25-24(27-11-12-30(25)26)23-21(31-5)13-18(4)14-22(23)32-6/h11-14,17,19H,7-10,15-16H2,1-6H3. The minimum atomic E-state index is 0.627. The molecule has 0 radical (unpaired) electrons. The summed E-state index contributed by atoms with van der Waals surface area (Å²) in [5.74, 6) is 4.14. The Hall–Kier alpha value is -2.76. The maximum Gasteiger partial charge on any atom is 0.165 e. The van der Waals surface area contributed by atoms with Crippen molar-refractivity contribution in [3.8, 4) is 22.8 Å². The van der Waals surface area contributed by atoms with Crippen molar-refractivity contribution in [2.45, 2.75) is 53.4 Å². The van der Waals surface area contributed by atoms with Crippen molar-refractivity contribution in [1.29, 1.82) is 0 Å². The molecule has 0 N–H and O–H groups in total. The molecule has 1 saturated carbocycles. The highest BCUT2D eigenvalue weighted by Crippen LogP contribution is 2.41. The quantitative estimate of drug-likeness (QED) is 0.417. The van der Waals surface area contributed by atoms with Crippen molar-refractivity contribution in [3.05, 3.63) is 35.8 Å². The molecule has 0 amide bonds. The van der Waals surface area contributed by atoms with Gasteiger partial charge in [0.2, 0.25) is 0 Å². The Bertz CT molecular complexity index is 1060. The van der Waals surface area contributed by atoms with Crippen LogP contribution in [-0.2, 0) is 6.42 Å². The van der Waals surface area contributed by atoms with Crippen LogP contribution in [0.3, 0.4) is 0 Å². The maximum atomic E-state index is 5.74. The first-order valence-corrected chi connectivity index (χ1v) is 11.8. The lowest BCUT2D eigenvalue weighted by atomic mass is 10.1. The van der Waals surface area contributed by atoms with E-state index < -0.39 is 0 Å². The molecule has 1 aliphatic carbocycles. The second kappa shape index (κ2) is 9.39. The van der Waals surface area contributed by atoms with Crippen LogP contribution >= 0.6 is 0 Å². The average Bonchev–Trinajstić information content (AvgIpc) is 3.54. The summed E-state index contributed by atoms with van der Waals surface area (Å²) < 4.78 is 13.7. The van der Waals surface area contributed by atoms with Crippen LogP contribution in [0.15, 0.2) is 24.5 Å². The van der Waals surface area contributed by atoms with Crippen LogP contribution in [0.2, 0.25) is 0 Å². The molecule has 1 atom stereocenters. The lowest BCUT2D eigenvalue weighted by Crippen LogP contribution is -2.32. The zero-order valence-corrected chi connectivity index (χ0v) is 20.3. The van der Waals surface area contributed by atoms with Gasteiger partial charge in [0.1, 0.15) is 23.0 Å². The minimum absolute atomic E-state index is 0.627. The molecular formula is C26H36N4O2. The lowest BCUT2D eigenvalue weighted by molar-refractivity contribution is 0.396. The van der Waals surface area contributed by atoms with E-state index in [1.165, 1.54) is 25.1 Å². The van der Waals surface area contributed by atoms with Crippen LogP contribution < -0.4 is 14.4 Å². The van der Waals surface area contributed by atoms with E-state index in [4.69, 9.17) is 19.4 Å². The number of methoxy groups -OCH3 is 2. The van der Waals surface area contributed by atoms with Crippen molar-refractivity contribution in [2.75, 3.05) is 32.2 Å². The minimum Gasteiger partial charge on any atom is -0.496 e. The van der Waals surface area contributed by atoms with Gasteiger partial charge in [-0.05, 0) is 55.7 Å². The number of rotatable bonds is 10. The molecule has 4 rings (SSSR count). The van der Waals surface area contributed by atoms with Gasteiger partial charge in [0.05, 0.1) is 25.5 Å². The Balaban J connectivity index is 1.91. The number of benzene rings is 1. The first-order chi connectivity index (χ1) is 15.5. The number of aryl methyl sites for hydroxylation is 2. The summed E-state index contributed by atoms with van der Waals surface area (Å²) in [6.07, 6.45) is 8.62. The smallest absolute Gasteiger partial charge is 0.165 e. The first-order valence-electron chi connectivity index (χ1n) is 11.8. The highest BCUT2D eigenvalue weighted by molar-refractivity contribution is 5.84. The number of ether oxygens (including phenoxy) is 2. The van der Waals surface area contributed by atoms with Gasteiger partial charge in [0, 0.05) is 25.5 Å².